The van der Waals surface area contributed by atoms with Crippen LogP contribution in [0, 0.1) is 15.9 Å². The molecule has 1 amide bonds. The van der Waals surface area contributed by atoms with Gasteiger partial charge < -0.3 is 5.32 Å². The van der Waals surface area contributed by atoms with Gasteiger partial charge in [-0.2, -0.15) is 0 Å². The minimum absolute atomic E-state index is 0.131. The molecule has 0 bridgehead atoms. The van der Waals surface area contributed by atoms with Gasteiger partial charge in [0.25, 0.3) is 11.6 Å². The first-order valence-electron chi connectivity index (χ1n) is 8.05. The fourth-order valence-corrected chi connectivity index (χ4v) is 3.76. The van der Waals surface area contributed by atoms with Crippen LogP contribution >= 0.6 is 11.8 Å². The molecule has 0 aromatic heterocycles. The predicted octanol–water partition coefficient (Wildman–Crippen LogP) is 4.56. The molecule has 0 heterocycles. The van der Waals surface area contributed by atoms with Gasteiger partial charge in [0.15, 0.2) is 0 Å². The number of benzene rings is 2. The molecule has 0 spiro atoms. The van der Waals surface area contributed by atoms with Crippen LogP contribution in [0.3, 0.4) is 0 Å². The van der Waals surface area contributed by atoms with E-state index in [4.69, 9.17) is 0 Å². The number of carbonyl (C=O) groups excluding carboxylic acids is 1. The lowest BCUT2D eigenvalue weighted by molar-refractivity contribution is -0.387. The molecule has 1 N–H and O–H groups in total. The number of nitrogens with zero attached hydrogens (tertiary/aromatic N) is 1. The number of nitrogens with one attached hydrogen (secondary N) is 1. The molecule has 5 nitrogen and oxygen atoms in total. The Bertz CT molecular complexity index is 789. The molecule has 0 unspecified atom stereocenters. The van der Waals surface area contributed by atoms with E-state index in [1.54, 1.807) is 24.3 Å². The first-order chi connectivity index (χ1) is 12.0. The highest BCUT2D eigenvalue weighted by Crippen LogP contribution is 2.35. The third-order valence-corrected chi connectivity index (χ3v) is 5.22. The van der Waals surface area contributed by atoms with Gasteiger partial charge in [0.2, 0.25) is 0 Å². The lowest BCUT2D eigenvalue weighted by Gasteiger charge is -2.12. The first kappa shape index (κ1) is 17.4. The van der Waals surface area contributed by atoms with Crippen molar-refractivity contribution in [2.24, 2.45) is 0 Å². The third kappa shape index (κ3) is 4.36. The number of halogens is 1. The first-order valence-corrected chi connectivity index (χ1v) is 8.87. The Morgan fingerprint density at radius 1 is 1.16 bits per heavy atom. The summed E-state index contributed by atoms with van der Waals surface area (Å²) >= 11 is 1.16. The summed E-state index contributed by atoms with van der Waals surface area (Å²) in [5.41, 5.74) is 0.149. The van der Waals surface area contributed by atoms with Crippen LogP contribution < -0.4 is 5.32 Å². The summed E-state index contributed by atoms with van der Waals surface area (Å²) in [6.07, 6.45) is 4.09. The van der Waals surface area contributed by atoms with Gasteiger partial charge in [-0.3, -0.25) is 14.9 Å². The van der Waals surface area contributed by atoms with Crippen molar-refractivity contribution in [1.29, 1.82) is 0 Å². The van der Waals surface area contributed by atoms with E-state index in [0.29, 0.717) is 9.79 Å². The van der Waals surface area contributed by atoms with Crippen LogP contribution in [0.4, 0.5) is 10.1 Å². The minimum atomic E-state index is -0.502. The Balaban J connectivity index is 1.81. The van der Waals surface area contributed by atoms with Crippen molar-refractivity contribution >= 4 is 23.4 Å². The molecule has 0 atom stereocenters. The van der Waals surface area contributed by atoms with Crippen molar-refractivity contribution in [1.82, 2.24) is 5.32 Å². The van der Waals surface area contributed by atoms with Crippen LogP contribution in [0.15, 0.2) is 52.3 Å². The fourth-order valence-electron chi connectivity index (χ4n) is 2.86. The van der Waals surface area contributed by atoms with Crippen LogP contribution in [-0.2, 0) is 0 Å². The highest BCUT2D eigenvalue weighted by atomic mass is 32.2. The summed E-state index contributed by atoms with van der Waals surface area (Å²) in [4.78, 5) is 24.3. The van der Waals surface area contributed by atoms with E-state index in [2.05, 4.69) is 5.32 Å². The lowest BCUT2D eigenvalue weighted by Crippen LogP contribution is -2.32. The quantitative estimate of drug-likeness (QED) is 0.627. The fraction of sp³-hybridized carbons (Fsp3) is 0.278. The normalized spacial score (nSPS) is 14.4. The largest absolute Gasteiger partial charge is 0.349 e. The van der Waals surface area contributed by atoms with Gasteiger partial charge in [-0.15, -0.1) is 0 Å². The minimum Gasteiger partial charge on any atom is -0.349 e. The summed E-state index contributed by atoms with van der Waals surface area (Å²) in [5.74, 6) is -0.647. The van der Waals surface area contributed by atoms with Gasteiger partial charge in [0, 0.05) is 22.6 Å². The van der Waals surface area contributed by atoms with Gasteiger partial charge in [-0.05, 0) is 49.2 Å². The van der Waals surface area contributed by atoms with Crippen LogP contribution in [0.1, 0.15) is 36.0 Å². The number of nitro benzene ring substituents is 1. The zero-order valence-corrected chi connectivity index (χ0v) is 14.2. The summed E-state index contributed by atoms with van der Waals surface area (Å²) in [6, 6.07) is 10.3. The Morgan fingerprint density at radius 2 is 1.84 bits per heavy atom. The smallest absolute Gasteiger partial charge is 0.284 e. The number of hydrogen-bond donors (Lipinski definition) is 1. The van der Waals surface area contributed by atoms with Crippen LogP contribution in [-0.4, -0.2) is 16.9 Å². The molecule has 0 saturated heterocycles. The van der Waals surface area contributed by atoms with Crippen molar-refractivity contribution < 1.29 is 14.1 Å². The number of amides is 1. The molecule has 2 aromatic rings. The van der Waals surface area contributed by atoms with Gasteiger partial charge in [-0.1, -0.05) is 24.6 Å². The Morgan fingerprint density at radius 3 is 2.48 bits per heavy atom. The summed E-state index contributed by atoms with van der Waals surface area (Å²) in [5, 5.41) is 14.3. The number of nitro groups is 1. The average Bonchev–Trinajstić information content (AvgIpc) is 3.10. The SMILES string of the molecule is O=C(NC1CCCC1)c1ccc(Sc2ccc(F)cc2)c([N+](=O)[O-])c1. The second kappa shape index (κ2) is 7.65. The Labute approximate surface area is 148 Å². The monoisotopic (exact) mass is 360 g/mol. The Hall–Kier alpha value is -2.41. The van der Waals surface area contributed by atoms with E-state index in [0.717, 1.165) is 37.4 Å². The number of hydrogen-bond acceptors (Lipinski definition) is 4. The van der Waals surface area contributed by atoms with Crippen molar-refractivity contribution in [2.45, 2.75) is 41.5 Å². The predicted molar refractivity (Wildman–Crippen MR) is 93.3 cm³/mol. The maximum absolute atomic E-state index is 13.0. The topological polar surface area (TPSA) is 72.2 Å². The molecule has 0 radical (unpaired) electrons. The molecule has 0 aliphatic heterocycles. The standard InChI is InChI=1S/C18H17FN2O3S/c19-13-6-8-15(9-7-13)25-17-10-5-12(11-16(17)21(23)24)18(22)20-14-3-1-2-4-14/h5-11,14H,1-4H2,(H,20,22). The van der Waals surface area contributed by atoms with Crippen molar-refractivity contribution in [3.8, 4) is 0 Å². The molecule has 2 aromatic carbocycles. The summed E-state index contributed by atoms with van der Waals surface area (Å²) in [7, 11) is 0. The van der Waals surface area contributed by atoms with Crippen molar-refractivity contribution in [3.63, 3.8) is 0 Å². The molecular weight excluding hydrogens is 343 g/mol. The van der Waals surface area contributed by atoms with E-state index >= 15 is 0 Å². The molecule has 1 fully saturated rings. The number of rotatable bonds is 5. The van der Waals surface area contributed by atoms with Crippen LogP contribution in [0.25, 0.3) is 0 Å². The van der Waals surface area contributed by atoms with Gasteiger partial charge >= 0.3 is 0 Å². The average molecular weight is 360 g/mol. The van der Waals surface area contributed by atoms with Gasteiger partial charge in [-0.25, -0.2) is 4.39 Å². The zero-order valence-electron chi connectivity index (χ0n) is 13.4. The zero-order chi connectivity index (χ0) is 17.8. The second-order valence-electron chi connectivity index (χ2n) is 5.95. The van der Waals surface area contributed by atoms with Crippen LogP contribution in [0.5, 0.6) is 0 Å². The van der Waals surface area contributed by atoms with E-state index in [1.165, 1.54) is 18.2 Å². The van der Waals surface area contributed by atoms with Gasteiger partial charge in [0.05, 0.1) is 9.82 Å². The molecule has 1 aliphatic carbocycles. The van der Waals surface area contributed by atoms with E-state index in [-0.39, 0.29) is 29.0 Å². The molecule has 25 heavy (non-hydrogen) atoms. The molecule has 1 aliphatic rings. The van der Waals surface area contributed by atoms with Gasteiger partial charge in [0.1, 0.15) is 5.82 Å². The maximum Gasteiger partial charge on any atom is 0.284 e. The van der Waals surface area contributed by atoms with E-state index in [9.17, 15) is 19.3 Å². The van der Waals surface area contributed by atoms with E-state index < -0.39 is 4.92 Å². The molecule has 1 saturated carbocycles. The van der Waals surface area contributed by atoms with E-state index in [1.807, 2.05) is 0 Å². The van der Waals surface area contributed by atoms with Crippen molar-refractivity contribution in [2.75, 3.05) is 0 Å². The second-order valence-corrected chi connectivity index (χ2v) is 7.07. The Kier molecular flexibility index (Phi) is 5.33. The molecule has 130 valence electrons. The molecule has 3 rings (SSSR count). The molecular formula is C18H17FN2O3S. The number of carbonyl (C=O) groups is 1. The lowest BCUT2D eigenvalue weighted by atomic mass is 10.1. The van der Waals surface area contributed by atoms with Crippen LogP contribution in [0.2, 0.25) is 0 Å². The molecule has 7 heteroatoms. The highest BCUT2D eigenvalue weighted by molar-refractivity contribution is 7.99. The highest BCUT2D eigenvalue weighted by Gasteiger charge is 2.21. The summed E-state index contributed by atoms with van der Waals surface area (Å²) in [6.45, 7) is 0. The van der Waals surface area contributed by atoms with Crippen molar-refractivity contribution in [3.05, 3.63) is 64.0 Å². The maximum atomic E-state index is 13.0. The third-order valence-electron chi connectivity index (χ3n) is 4.15. The summed E-state index contributed by atoms with van der Waals surface area (Å²) < 4.78 is 13.0.